The highest BCUT2D eigenvalue weighted by molar-refractivity contribution is 6.06. The van der Waals surface area contributed by atoms with Crippen molar-refractivity contribution < 1.29 is 23.9 Å². The highest BCUT2D eigenvalue weighted by atomic mass is 16.5. The van der Waals surface area contributed by atoms with E-state index in [1.54, 1.807) is 56.8 Å². The maximum Gasteiger partial charge on any atom is 0.354 e. The van der Waals surface area contributed by atoms with Gasteiger partial charge in [-0.15, -0.1) is 0 Å². The molecule has 0 atom stereocenters. The van der Waals surface area contributed by atoms with Crippen LogP contribution in [-0.2, 0) is 11.8 Å². The molecular formula is C21H26N2O5. The van der Waals surface area contributed by atoms with E-state index in [-0.39, 0.29) is 18.2 Å². The molecule has 0 unspecified atom stereocenters. The first-order chi connectivity index (χ1) is 13.3. The van der Waals surface area contributed by atoms with Gasteiger partial charge in [-0.05, 0) is 50.6 Å². The van der Waals surface area contributed by atoms with Crippen LogP contribution in [0.4, 0.5) is 0 Å². The van der Waals surface area contributed by atoms with Crippen molar-refractivity contribution in [3.05, 3.63) is 52.3 Å². The predicted octanol–water partition coefficient (Wildman–Crippen LogP) is 2.78. The van der Waals surface area contributed by atoms with Gasteiger partial charge in [0.2, 0.25) is 0 Å². The molecule has 0 aliphatic carbocycles. The SMILES string of the molecule is CCN(CC(=O)c1c(C)c(C(=O)OC)n(C)c1C)C(=O)c1ccc(OC)cc1. The second-order valence-electron chi connectivity index (χ2n) is 6.46. The van der Waals surface area contributed by atoms with E-state index >= 15 is 0 Å². The number of methoxy groups -OCH3 is 2. The molecule has 0 saturated heterocycles. The molecular weight excluding hydrogens is 360 g/mol. The minimum absolute atomic E-state index is 0.0757. The van der Waals surface area contributed by atoms with Crippen LogP contribution in [0.5, 0.6) is 5.75 Å². The van der Waals surface area contributed by atoms with Crippen molar-refractivity contribution in [2.24, 2.45) is 7.05 Å². The van der Waals surface area contributed by atoms with Gasteiger partial charge in [-0.1, -0.05) is 0 Å². The summed E-state index contributed by atoms with van der Waals surface area (Å²) in [7, 11) is 4.57. The summed E-state index contributed by atoms with van der Waals surface area (Å²) in [5.74, 6) is -0.298. The Labute approximate surface area is 164 Å². The van der Waals surface area contributed by atoms with E-state index in [0.717, 1.165) is 0 Å². The number of ether oxygens (including phenoxy) is 2. The number of hydrogen-bond acceptors (Lipinski definition) is 5. The molecule has 1 heterocycles. The summed E-state index contributed by atoms with van der Waals surface area (Å²) in [6.45, 7) is 5.61. The first-order valence-electron chi connectivity index (χ1n) is 8.97. The number of Topliss-reactive ketones (excluding diaryl/α,β-unsaturated/α-hetero) is 1. The number of benzene rings is 1. The molecule has 1 aromatic heterocycles. The Kier molecular flexibility index (Phi) is 6.62. The van der Waals surface area contributed by atoms with Crippen molar-refractivity contribution in [3.63, 3.8) is 0 Å². The Morgan fingerprint density at radius 3 is 2.18 bits per heavy atom. The van der Waals surface area contributed by atoms with Crippen LogP contribution in [0.3, 0.4) is 0 Å². The van der Waals surface area contributed by atoms with Gasteiger partial charge in [-0.2, -0.15) is 0 Å². The fourth-order valence-electron chi connectivity index (χ4n) is 3.27. The van der Waals surface area contributed by atoms with E-state index < -0.39 is 5.97 Å². The van der Waals surface area contributed by atoms with E-state index in [4.69, 9.17) is 9.47 Å². The van der Waals surface area contributed by atoms with E-state index in [9.17, 15) is 14.4 Å². The van der Waals surface area contributed by atoms with Gasteiger partial charge in [0.05, 0.1) is 20.8 Å². The second kappa shape index (κ2) is 8.73. The molecule has 0 aliphatic heterocycles. The van der Waals surface area contributed by atoms with Crippen LogP contribution in [0.2, 0.25) is 0 Å². The van der Waals surface area contributed by atoms with Crippen LogP contribution >= 0.6 is 0 Å². The maximum absolute atomic E-state index is 13.0. The number of hydrogen-bond donors (Lipinski definition) is 0. The molecule has 1 aromatic carbocycles. The van der Waals surface area contributed by atoms with Gasteiger partial charge in [0, 0.05) is 30.4 Å². The Morgan fingerprint density at radius 1 is 1.07 bits per heavy atom. The molecule has 0 aliphatic rings. The van der Waals surface area contributed by atoms with Gasteiger partial charge >= 0.3 is 5.97 Å². The number of carbonyl (C=O) groups is 3. The Hall–Kier alpha value is -3.09. The highest BCUT2D eigenvalue weighted by Gasteiger charge is 2.27. The lowest BCUT2D eigenvalue weighted by atomic mass is 10.0. The van der Waals surface area contributed by atoms with Crippen LogP contribution in [0.25, 0.3) is 0 Å². The minimum atomic E-state index is -0.496. The Morgan fingerprint density at radius 2 is 1.68 bits per heavy atom. The summed E-state index contributed by atoms with van der Waals surface area (Å²) in [6.07, 6.45) is 0. The summed E-state index contributed by atoms with van der Waals surface area (Å²) >= 11 is 0. The average Bonchev–Trinajstić information content (AvgIpc) is 2.93. The number of esters is 1. The summed E-state index contributed by atoms with van der Waals surface area (Å²) in [4.78, 5) is 39.3. The molecule has 0 radical (unpaired) electrons. The van der Waals surface area contributed by atoms with Crippen molar-refractivity contribution in [3.8, 4) is 5.75 Å². The monoisotopic (exact) mass is 386 g/mol. The lowest BCUT2D eigenvalue weighted by Gasteiger charge is -2.20. The van der Waals surface area contributed by atoms with E-state index in [2.05, 4.69) is 0 Å². The van der Waals surface area contributed by atoms with Crippen molar-refractivity contribution in [2.45, 2.75) is 20.8 Å². The van der Waals surface area contributed by atoms with Crippen LogP contribution in [0.1, 0.15) is 49.4 Å². The number of amides is 1. The number of aromatic nitrogens is 1. The number of carbonyl (C=O) groups excluding carboxylic acids is 3. The van der Waals surface area contributed by atoms with Gasteiger partial charge in [-0.25, -0.2) is 4.79 Å². The second-order valence-corrected chi connectivity index (χ2v) is 6.46. The summed E-state index contributed by atoms with van der Waals surface area (Å²) in [5, 5.41) is 0. The predicted molar refractivity (Wildman–Crippen MR) is 105 cm³/mol. The number of rotatable bonds is 7. The van der Waals surface area contributed by atoms with Crippen LogP contribution < -0.4 is 4.74 Å². The lowest BCUT2D eigenvalue weighted by Crippen LogP contribution is -2.35. The van der Waals surface area contributed by atoms with E-state index in [0.29, 0.717) is 40.4 Å². The highest BCUT2D eigenvalue weighted by Crippen LogP contribution is 2.23. The van der Waals surface area contributed by atoms with Crippen molar-refractivity contribution in [2.75, 3.05) is 27.3 Å². The van der Waals surface area contributed by atoms with Crippen LogP contribution in [0.15, 0.2) is 24.3 Å². The summed E-state index contributed by atoms with van der Waals surface area (Å²) in [5.41, 5.74) is 2.49. The third-order valence-corrected chi connectivity index (χ3v) is 4.93. The molecule has 0 spiro atoms. The fourth-order valence-corrected chi connectivity index (χ4v) is 3.27. The molecule has 2 aromatic rings. The zero-order valence-corrected chi connectivity index (χ0v) is 17.2. The molecule has 1 amide bonds. The zero-order chi connectivity index (χ0) is 21.0. The molecule has 28 heavy (non-hydrogen) atoms. The van der Waals surface area contributed by atoms with Gasteiger partial charge in [0.1, 0.15) is 11.4 Å². The quantitative estimate of drug-likeness (QED) is 0.540. The fraction of sp³-hybridized carbons (Fsp3) is 0.381. The topological polar surface area (TPSA) is 77.8 Å². The number of nitrogens with zero attached hydrogens (tertiary/aromatic N) is 2. The number of likely N-dealkylation sites (N-methyl/N-ethyl adjacent to an activating group) is 1. The molecule has 7 heteroatoms. The molecule has 0 N–H and O–H groups in total. The largest absolute Gasteiger partial charge is 0.497 e. The normalized spacial score (nSPS) is 10.5. The molecule has 2 rings (SSSR count). The third-order valence-electron chi connectivity index (χ3n) is 4.93. The smallest absolute Gasteiger partial charge is 0.354 e. The van der Waals surface area contributed by atoms with E-state index in [1.807, 2.05) is 6.92 Å². The van der Waals surface area contributed by atoms with E-state index in [1.165, 1.54) is 12.0 Å². The first-order valence-corrected chi connectivity index (χ1v) is 8.97. The third kappa shape index (κ3) is 3.93. The molecule has 0 saturated carbocycles. The van der Waals surface area contributed by atoms with Gasteiger partial charge in [-0.3, -0.25) is 9.59 Å². The Bertz CT molecular complexity index is 897. The van der Waals surface area contributed by atoms with Crippen LogP contribution in [0, 0.1) is 13.8 Å². The van der Waals surface area contributed by atoms with Crippen molar-refractivity contribution >= 4 is 17.7 Å². The van der Waals surface area contributed by atoms with Crippen molar-refractivity contribution in [1.82, 2.24) is 9.47 Å². The van der Waals surface area contributed by atoms with Gasteiger partial charge in [0.25, 0.3) is 5.91 Å². The molecule has 150 valence electrons. The first kappa shape index (κ1) is 21.2. The van der Waals surface area contributed by atoms with Crippen LogP contribution in [-0.4, -0.2) is 54.4 Å². The molecule has 0 bridgehead atoms. The molecule has 7 nitrogen and oxygen atoms in total. The number of ketones is 1. The Balaban J connectivity index is 2.29. The lowest BCUT2D eigenvalue weighted by molar-refractivity contribution is 0.0588. The summed E-state index contributed by atoms with van der Waals surface area (Å²) in [6, 6.07) is 6.75. The zero-order valence-electron chi connectivity index (χ0n) is 17.2. The minimum Gasteiger partial charge on any atom is -0.497 e. The summed E-state index contributed by atoms with van der Waals surface area (Å²) < 4.78 is 11.6. The molecule has 0 fully saturated rings. The maximum atomic E-state index is 13.0. The average molecular weight is 386 g/mol. The van der Waals surface area contributed by atoms with Gasteiger partial charge < -0.3 is 18.9 Å². The van der Waals surface area contributed by atoms with Gasteiger partial charge in [0.15, 0.2) is 5.78 Å². The standard InChI is InChI=1S/C21H26N2O5/c1-7-23(20(25)15-8-10-16(27-5)11-9-15)12-17(24)18-13(2)19(21(26)28-6)22(4)14(18)3/h8-11H,7,12H2,1-6H3. The van der Waals surface area contributed by atoms with Crippen molar-refractivity contribution in [1.29, 1.82) is 0 Å².